The third-order valence-corrected chi connectivity index (χ3v) is 1.29. The van der Waals surface area contributed by atoms with E-state index in [9.17, 15) is 14.4 Å². The van der Waals surface area contributed by atoms with Gasteiger partial charge in [0, 0.05) is 0 Å². The Labute approximate surface area is 115 Å². The summed E-state index contributed by atoms with van der Waals surface area (Å²) < 4.78 is 0. The van der Waals surface area contributed by atoms with Crippen LogP contribution >= 0.6 is 0 Å². The summed E-state index contributed by atoms with van der Waals surface area (Å²) in [5.74, 6) is -5.02. The normalized spacial score (nSPS) is 8.29. The first-order valence-electron chi connectivity index (χ1n) is 3.17. The van der Waals surface area contributed by atoms with Gasteiger partial charge in [-0.05, 0) is 0 Å². The zero-order chi connectivity index (χ0) is 10.6. The fourth-order valence-corrected chi connectivity index (χ4v) is 0.714. The van der Waals surface area contributed by atoms with Crippen molar-refractivity contribution in [3.05, 3.63) is 0 Å². The van der Waals surface area contributed by atoms with Crippen LogP contribution in [0, 0.1) is 0 Å². The van der Waals surface area contributed by atoms with Crippen LogP contribution in [0.3, 0.4) is 0 Å². The fraction of sp³-hybridized carbons (Fsp3) is 0.500. The second-order valence-electron chi connectivity index (χ2n) is 2.48. The molecule has 17 heavy (non-hydrogen) atoms. The van der Waals surface area contributed by atoms with Crippen molar-refractivity contribution in [2.45, 2.75) is 18.4 Å². The molecule has 2 radical (unpaired) electrons. The number of carboxylic acid groups (broad SMARTS) is 3. The van der Waals surface area contributed by atoms with Crippen LogP contribution in [-0.2, 0) is 14.4 Å². The van der Waals surface area contributed by atoms with Gasteiger partial charge in [-0.2, -0.15) is 0 Å². The van der Waals surface area contributed by atoms with E-state index in [1.54, 1.807) is 0 Å². The molecule has 0 atom stereocenters. The summed E-state index contributed by atoms with van der Waals surface area (Å²) in [5, 5.41) is 33.8. The van der Waals surface area contributed by atoms with Crippen molar-refractivity contribution >= 4 is 45.2 Å². The Hall–Kier alpha value is -0.828. The van der Waals surface area contributed by atoms with Crippen LogP contribution < -0.4 is 0 Å². The van der Waals surface area contributed by atoms with E-state index in [0.29, 0.717) is 0 Å². The van der Waals surface area contributed by atoms with Crippen LogP contribution in [0.4, 0.5) is 0 Å². The molecule has 10 nitrogen and oxygen atoms in total. The summed E-state index contributed by atoms with van der Waals surface area (Å²) in [5.41, 5.74) is -2.74. The van der Waals surface area contributed by atoms with Gasteiger partial charge >= 0.3 is 45.2 Å². The van der Waals surface area contributed by atoms with Crippen LogP contribution in [-0.4, -0.2) is 87.7 Å². The number of aliphatic carboxylic acids is 3. The summed E-state index contributed by atoms with van der Waals surface area (Å²) in [6, 6.07) is 0. The average Bonchev–Trinajstić information content (AvgIpc) is 1.82. The number of hydrogen-bond donors (Lipinski definition) is 4. The summed E-state index contributed by atoms with van der Waals surface area (Å²) in [6.07, 6.45) is -2.29. The number of carbonyl (C=O) groups is 3. The summed E-state index contributed by atoms with van der Waals surface area (Å²) in [6.45, 7) is 0. The van der Waals surface area contributed by atoms with E-state index in [4.69, 9.17) is 20.4 Å². The molecule has 0 fully saturated rings. The van der Waals surface area contributed by atoms with Gasteiger partial charge in [0.2, 0.25) is 0 Å². The van der Waals surface area contributed by atoms with Crippen molar-refractivity contribution < 1.29 is 51.2 Å². The Morgan fingerprint density at radius 1 is 0.824 bits per heavy atom. The first kappa shape index (κ1) is 29.8. The van der Waals surface area contributed by atoms with Crippen LogP contribution in [0.1, 0.15) is 12.8 Å². The van der Waals surface area contributed by atoms with Crippen LogP contribution in [0.25, 0.3) is 0 Å². The maximum absolute atomic E-state index is 10.3. The van der Waals surface area contributed by atoms with Crippen LogP contribution in [0.15, 0.2) is 0 Å². The van der Waals surface area contributed by atoms with Gasteiger partial charge in [-0.15, -0.1) is 0 Å². The van der Waals surface area contributed by atoms with Crippen molar-refractivity contribution in [2.24, 2.45) is 0 Å². The Balaban J connectivity index is -0.000000120. The van der Waals surface area contributed by atoms with Crippen LogP contribution in [0.2, 0.25) is 0 Å². The van der Waals surface area contributed by atoms with Crippen LogP contribution in [0.5, 0.6) is 0 Å². The van der Waals surface area contributed by atoms with Gasteiger partial charge in [0.25, 0.3) is 0 Å². The quantitative estimate of drug-likeness (QED) is 0.296. The minimum absolute atomic E-state index is 0. The van der Waals surface area contributed by atoms with E-state index in [1.165, 1.54) is 0 Å². The molecular weight excluding hydrogens is 439 g/mol. The van der Waals surface area contributed by atoms with E-state index in [1.807, 2.05) is 0 Å². The first-order valence-corrected chi connectivity index (χ1v) is 3.17. The van der Waals surface area contributed by atoms with Gasteiger partial charge in [0.15, 0.2) is 5.60 Å². The van der Waals surface area contributed by atoms with E-state index in [0.717, 1.165) is 0 Å². The second-order valence-corrected chi connectivity index (χ2v) is 2.48. The number of hydrogen-bond acceptors (Lipinski definition) is 4. The molecular formula is C6H16O10Pb. The molecule has 0 aromatic rings. The van der Waals surface area contributed by atoms with Crippen molar-refractivity contribution in [1.29, 1.82) is 0 Å². The Morgan fingerprint density at radius 3 is 1.18 bits per heavy atom. The minimum atomic E-state index is -2.74. The topological polar surface area (TPSA) is 227 Å². The zero-order valence-corrected chi connectivity index (χ0v) is 14.1. The van der Waals surface area contributed by atoms with Crippen molar-refractivity contribution in [3.8, 4) is 0 Å². The first-order chi connectivity index (χ1) is 5.78. The molecule has 0 unspecified atom stereocenters. The number of aliphatic hydroxyl groups is 1. The van der Waals surface area contributed by atoms with Gasteiger partial charge < -0.3 is 36.9 Å². The van der Waals surface area contributed by atoms with Gasteiger partial charge in [-0.25, -0.2) is 4.79 Å². The fourth-order valence-electron chi connectivity index (χ4n) is 0.714. The Kier molecular flexibility index (Phi) is 20.4. The van der Waals surface area contributed by atoms with Crippen molar-refractivity contribution in [2.75, 3.05) is 0 Å². The predicted molar refractivity (Wildman–Crippen MR) is 56.5 cm³/mol. The zero-order valence-electron chi connectivity index (χ0n) is 8.63. The van der Waals surface area contributed by atoms with E-state index in [-0.39, 0.29) is 43.7 Å². The summed E-state index contributed by atoms with van der Waals surface area (Å²) >= 11 is 0. The third kappa shape index (κ3) is 11.4. The molecule has 0 aromatic carbocycles. The molecule has 10 N–H and O–H groups in total. The molecule has 0 aromatic heterocycles. The van der Waals surface area contributed by atoms with Crippen molar-refractivity contribution in [3.63, 3.8) is 0 Å². The summed E-state index contributed by atoms with van der Waals surface area (Å²) in [4.78, 5) is 30.5. The Morgan fingerprint density at radius 2 is 1.06 bits per heavy atom. The molecule has 11 heteroatoms. The van der Waals surface area contributed by atoms with E-state index >= 15 is 0 Å². The molecule has 0 amide bonds. The molecule has 0 aliphatic carbocycles. The molecule has 0 rings (SSSR count). The molecule has 0 aliphatic heterocycles. The molecule has 0 saturated heterocycles. The molecule has 0 bridgehead atoms. The SMILES string of the molecule is O.O.O.O=C(O)CC(O)(CC(=O)O)C(=O)O.[PbH2]. The van der Waals surface area contributed by atoms with Gasteiger partial charge in [-0.1, -0.05) is 0 Å². The van der Waals surface area contributed by atoms with Gasteiger partial charge in [0.1, 0.15) is 0 Å². The summed E-state index contributed by atoms with van der Waals surface area (Å²) in [7, 11) is 0. The number of rotatable bonds is 5. The van der Waals surface area contributed by atoms with E-state index in [2.05, 4.69) is 0 Å². The molecule has 0 spiro atoms. The molecule has 104 valence electrons. The maximum atomic E-state index is 10.3. The third-order valence-electron chi connectivity index (χ3n) is 1.29. The predicted octanol–water partition coefficient (Wildman–Crippen LogP) is -4.64. The van der Waals surface area contributed by atoms with Crippen molar-refractivity contribution in [1.82, 2.24) is 0 Å². The van der Waals surface area contributed by atoms with E-state index < -0.39 is 36.4 Å². The monoisotopic (exact) mass is 456 g/mol. The molecule has 0 aliphatic rings. The molecule has 0 heterocycles. The molecule has 0 saturated carbocycles. The number of carboxylic acids is 3. The second kappa shape index (κ2) is 11.7. The standard InChI is InChI=1S/C6H8O7.3H2O.Pb.2H/c7-3(8)1-6(13,5(11)12)2-4(9)10;;;;;;/h13H,1-2H2,(H,7,8)(H,9,10)(H,11,12);3*1H2;;;. The van der Waals surface area contributed by atoms with Gasteiger partial charge in [-0.3, -0.25) is 9.59 Å². The average molecular weight is 455 g/mol. The van der Waals surface area contributed by atoms with Gasteiger partial charge in [0.05, 0.1) is 12.8 Å². The Bertz CT molecular complexity index is 235.